The number of alkyl halides is 3. The Morgan fingerprint density at radius 1 is 1.25 bits per heavy atom. The Morgan fingerprint density at radius 3 is 2.20 bits per heavy atom. The summed E-state index contributed by atoms with van der Waals surface area (Å²) in [6.07, 6.45) is -4.85. The SMILES string of the molecule is CC(C)(C)[S@@+]([O-])N=C(c1ccc(Cl)c(F)c1)C(F)(F)F. The molecule has 1 atom stereocenters. The molecule has 1 aromatic carbocycles. The first-order chi connectivity index (χ1) is 8.93. The Labute approximate surface area is 122 Å². The van der Waals surface area contributed by atoms with E-state index < -0.39 is 39.4 Å². The molecule has 0 heterocycles. The number of halogens is 5. The van der Waals surface area contributed by atoms with E-state index in [9.17, 15) is 22.1 Å². The molecule has 0 spiro atoms. The van der Waals surface area contributed by atoms with Crippen molar-refractivity contribution >= 4 is 28.7 Å². The molecule has 0 fully saturated rings. The summed E-state index contributed by atoms with van der Waals surface area (Å²) in [5.41, 5.74) is -1.90. The quantitative estimate of drug-likeness (QED) is 0.453. The molecule has 0 N–H and O–H groups in total. The average molecular weight is 330 g/mol. The maximum Gasteiger partial charge on any atom is 0.438 e. The maximum absolute atomic E-state index is 13.3. The van der Waals surface area contributed by atoms with Crippen LogP contribution in [0, 0.1) is 5.82 Å². The van der Waals surface area contributed by atoms with Crippen molar-refractivity contribution in [2.75, 3.05) is 0 Å². The molecule has 1 rings (SSSR count). The van der Waals surface area contributed by atoms with Gasteiger partial charge in [-0.05, 0) is 32.9 Å². The summed E-state index contributed by atoms with van der Waals surface area (Å²) in [4.78, 5) is 0. The van der Waals surface area contributed by atoms with Gasteiger partial charge < -0.3 is 4.55 Å². The van der Waals surface area contributed by atoms with Gasteiger partial charge in [0.15, 0.2) is 0 Å². The molecule has 0 amide bonds. The summed E-state index contributed by atoms with van der Waals surface area (Å²) >= 11 is 3.31. The van der Waals surface area contributed by atoms with Crippen LogP contribution >= 0.6 is 11.6 Å². The van der Waals surface area contributed by atoms with Crippen LogP contribution in [0.15, 0.2) is 22.6 Å². The van der Waals surface area contributed by atoms with Gasteiger partial charge in [-0.25, -0.2) is 4.39 Å². The van der Waals surface area contributed by atoms with Crippen LogP contribution in [0.3, 0.4) is 0 Å². The molecule has 0 aliphatic rings. The lowest BCUT2D eigenvalue weighted by molar-refractivity contribution is -0.0578. The Morgan fingerprint density at radius 2 is 1.80 bits per heavy atom. The Kier molecular flexibility index (Phi) is 5.10. The molecule has 0 saturated carbocycles. The fourth-order valence-corrected chi connectivity index (χ4v) is 1.90. The van der Waals surface area contributed by atoms with E-state index in [1.807, 2.05) is 0 Å². The second-order valence-electron chi connectivity index (χ2n) is 4.93. The third kappa shape index (κ3) is 4.36. The summed E-state index contributed by atoms with van der Waals surface area (Å²) in [7, 11) is 0. The van der Waals surface area contributed by atoms with Crippen LogP contribution in [0.4, 0.5) is 17.6 Å². The van der Waals surface area contributed by atoms with E-state index in [1.54, 1.807) is 0 Å². The van der Waals surface area contributed by atoms with Crippen LogP contribution in [-0.2, 0) is 11.4 Å². The molecule has 8 heteroatoms. The van der Waals surface area contributed by atoms with Gasteiger partial charge in [0.25, 0.3) is 0 Å². The fourth-order valence-electron chi connectivity index (χ4n) is 1.13. The number of nitrogens with zero attached hydrogens (tertiary/aromatic N) is 1. The van der Waals surface area contributed by atoms with Gasteiger partial charge in [-0.3, -0.25) is 0 Å². The van der Waals surface area contributed by atoms with Crippen molar-refractivity contribution in [1.29, 1.82) is 0 Å². The molecule has 0 radical (unpaired) electrons. The molecule has 0 saturated heterocycles. The van der Waals surface area contributed by atoms with Crippen LogP contribution in [0.1, 0.15) is 26.3 Å². The third-order valence-electron chi connectivity index (χ3n) is 2.16. The highest BCUT2D eigenvalue weighted by Crippen LogP contribution is 2.28. The minimum Gasteiger partial charge on any atom is -0.591 e. The molecule has 0 aliphatic heterocycles. The molecular weight excluding hydrogens is 318 g/mol. The van der Waals surface area contributed by atoms with E-state index in [-0.39, 0.29) is 5.02 Å². The fraction of sp³-hybridized carbons (Fsp3) is 0.417. The zero-order valence-corrected chi connectivity index (χ0v) is 12.5. The first kappa shape index (κ1) is 17.3. The number of rotatable bonds is 2. The Balaban J connectivity index is 3.34. The molecule has 0 unspecified atom stereocenters. The van der Waals surface area contributed by atoms with Crippen molar-refractivity contribution in [3.63, 3.8) is 0 Å². The molecule has 20 heavy (non-hydrogen) atoms. The highest BCUT2D eigenvalue weighted by Gasteiger charge is 2.41. The lowest BCUT2D eigenvalue weighted by atomic mass is 10.1. The normalized spacial score (nSPS) is 15.3. The molecule has 1 aromatic rings. The second kappa shape index (κ2) is 5.91. The van der Waals surface area contributed by atoms with E-state index in [2.05, 4.69) is 4.40 Å². The van der Waals surface area contributed by atoms with Crippen molar-refractivity contribution in [2.45, 2.75) is 31.7 Å². The van der Waals surface area contributed by atoms with Crippen molar-refractivity contribution in [3.8, 4) is 0 Å². The molecular formula is C12H12ClF4NOS. The van der Waals surface area contributed by atoms with Crippen LogP contribution < -0.4 is 0 Å². The summed E-state index contributed by atoms with van der Waals surface area (Å²) in [5.74, 6) is -0.998. The van der Waals surface area contributed by atoms with Crippen molar-refractivity contribution < 1.29 is 22.1 Å². The topological polar surface area (TPSA) is 35.4 Å². The minimum absolute atomic E-state index is 0.299. The van der Waals surface area contributed by atoms with Gasteiger partial charge in [0.1, 0.15) is 21.9 Å². The lowest BCUT2D eigenvalue weighted by Gasteiger charge is -2.20. The summed E-state index contributed by atoms with van der Waals surface area (Å²) in [6, 6.07) is 2.60. The third-order valence-corrected chi connectivity index (χ3v) is 3.86. The largest absolute Gasteiger partial charge is 0.591 e. The molecule has 2 nitrogen and oxygen atoms in total. The van der Waals surface area contributed by atoms with Gasteiger partial charge >= 0.3 is 6.18 Å². The van der Waals surface area contributed by atoms with Crippen molar-refractivity contribution in [2.24, 2.45) is 4.40 Å². The number of hydrogen-bond acceptors (Lipinski definition) is 2. The van der Waals surface area contributed by atoms with Gasteiger partial charge in [0.05, 0.1) is 5.02 Å². The smallest absolute Gasteiger partial charge is 0.438 e. The van der Waals surface area contributed by atoms with E-state index >= 15 is 0 Å². The standard InChI is InChI=1S/C12H12ClF4NOS/c1-11(2,3)20(19)18-10(12(15,16)17)7-4-5-8(13)9(14)6-7/h4-6H,1-3H3/t20-/m1/s1. The first-order valence-electron chi connectivity index (χ1n) is 5.46. The summed E-state index contributed by atoms with van der Waals surface area (Å²) in [5, 5.41) is -0.299. The molecule has 112 valence electrons. The van der Waals surface area contributed by atoms with Crippen molar-refractivity contribution in [3.05, 3.63) is 34.6 Å². The van der Waals surface area contributed by atoms with Crippen LogP contribution in [0.2, 0.25) is 5.02 Å². The first-order valence-corrected chi connectivity index (χ1v) is 6.94. The second-order valence-corrected chi connectivity index (χ2v) is 7.24. The number of benzene rings is 1. The van der Waals surface area contributed by atoms with Crippen LogP contribution in [-0.4, -0.2) is 21.2 Å². The highest BCUT2D eigenvalue weighted by molar-refractivity contribution is 7.91. The molecule has 0 aromatic heterocycles. The number of hydrogen-bond donors (Lipinski definition) is 0. The van der Waals surface area contributed by atoms with E-state index in [1.165, 1.54) is 20.8 Å². The lowest BCUT2D eigenvalue weighted by Crippen LogP contribution is -2.31. The van der Waals surface area contributed by atoms with E-state index in [4.69, 9.17) is 11.6 Å². The van der Waals surface area contributed by atoms with Gasteiger partial charge in [0.2, 0.25) is 5.71 Å². The molecule has 0 bridgehead atoms. The Bertz CT molecular complexity index is 525. The predicted molar refractivity (Wildman–Crippen MR) is 71.9 cm³/mol. The van der Waals surface area contributed by atoms with E-state index in [0.29, 0.717) is 6.07 Å². The monoisotopic (exact) mass is 329 g/mol. The summed E-state index contributed by atoms with van der Waals surface area (Å²) < 4.78 is 66.2. The zero-order chi connectivity index (χ0) is 15.7. The van der Waals surface area contributed by atoms with Crippen LogP contribution in [0.25, 0.3) is 0 Å². The van der Waals surface area contributed by atoms with Gasteiger partial charge in [-0.2, -0.15) is 13.2 Å². The van der Waals surface area contributed by atoms with Gasteiger partial charge in [-0.15, -0.1) is 0 Å². The van der Waals surface area contributed by atoms with Crippen LogP contribution in [0.5, 0.6) is 0 Å². The predicted octanol–water partition coefficient (Wildman–Crippen LogP) is 4.29. The van der Waals surface area contributed by atoms with E-state index in [0.717, 1.165) is 12.1 Å². The molecule has 0 aliphatic carbocycles. The Hall–Kier alpha value is -0.790. The zero-order valence-electron chi connectivity index (χ0n) is 10.9. The maximum atomic E-state index is 13.3. The average Bonchev–Trinajstić information content (AvgIpc) is 2.26. The minimum atomic E-state index is -4.85. The van der Waals surface area contributed by atoms with Crippen molar-refractivity contribution in [1.82, 2.24) is 0 Å². The van der Waals surface area contributed by atoms with Gasteiger partial charge in [-0.1, -0.05) is 22.1 Å². The van der Waals surface area contributed by atoms with Gasteiger partial charge in [0, 0.05) is 5.56 Å². The highest BCUT2D eigenvalue weighted by atomic mass is 35.5. The summed E-state index contributed by atoms with van der Waals surface area (Å²) in [6.45, 7) is 4.47.